The minimum Gasteiger partial charge on any atom is -0.384 e. The van der Waals surface area contributed by atoms with Crippen LogP contribution in [-0.2, 0) is 6.54 Å². The molecule has 1 aromatic carbocycles. The summed E-state index contributed by atoms with van der Waals surface area (Å²) >= 11 is 0. The lowest BCUT2D eigenvalue weighted by molar-refractivity contribution is -0.384. The number of nitrogens with one attached hydrogen (secondary N) is 1. The summed E-state index contributed by atoms with van der Waals surface area (Å²) in [6, 6.07) is 11.1. The number of rotatable bonds is 4. The Hall–Kier alpha value is -2.63. The Morgan fingerprint density at radius 2 is 2.06 bits per heavy atom. The van der Waals surface area contributed by atoms with Crippen LogP contribution < -0.4 is 11.1 Å². The number of anilines is 2. The number of aromatic nitrogens is 1. The van der Waals surface area contributed by atoms with Crippen LogP contribution in [0.3, 0.4) is 0 Å². The maximum Gasteiger partial charge on any atom is 0.310 e. The molecular weight excluding hydrogens is 232 g/mol. The zero-order valence-electron chi connectivity index (χ0n) is 9.54. The largest absolute Gasteiger partial charge is 0.384 e. The molecule has 2 rings (SSSR count). The Bertz CT molecular complexity index is 557. The smallest absolute Gasteiger partial charge is 0.310 e. The van der Waals surface area contributed by atoms with Crippen LogP contribution in [0.1, 0.15) is 5.56 Å². The fraction of sp³-hybridized carbons (Fsp3) is 0.0833. The number of nitrogen functional groups attached to an aromatic ring is 1. The van der Waals surface area contributed by atoms with E-state index in [4.69, 9.17) is 5.73 Å². The van der Waals surface area contributed by atoms with Crippen molar-refractivity contribution in [3.8, 4) is 0 Å². The van der Waals surface area contributed by atoms with Crippen LogP contribution in [-0.4, -0.2) is 9.91 Å². The molecule has 0 bridgehead atoms. The highest BCUT2D eigenvalue weighted by Gasteiger charge is 2.14. The van der Waals surface area contributed by atoms with Gasteiger partial charge in [0.1, 0.15) is 17.7 Å². The summed E-state index contributed by atoms with van der Waals surface area (Å²) in [5.41, 5.74) is 6.84. The van der Waals surface area contributed by atoms with Gasteiger partial charge in [0.2, 0.25) is 0 Å². The predicted molar refractivity (Wildman–Crippen MR) is 69.1 cm³/mol. The monoisotopic (exact) mass is 244 g/mol. The molecule has 18 heavy (non-hydrogen) atoms. The van der Waals surface area contributed by atoms with E-state index in [1.54, 1.807) is 0 Å². The highest BCUT2D eigenvalue weighted by molar-refractivity contribution is 5.64. The highest BCUT2D eigenvalue weighted by Crippen LogP contribution is 2.25. The zero-order chi connectivity index (χ0) is 13.0. The van der Waals surface area contributed by atoms with Crippen molar-refractivity contribution < 1.29 is 4.92 Å². The van der Waals surface area contributed by atoms with E-state index in [-0.39, 0.29) is 11.5 Å². The van der Waals surface area contributed by atoms with Crippen molar-refractivity contribution in [2.24, 2.45) is 0 Å². The Morgan fingerprint density at radius 1 is 1.33 bits per heavy atom. The average Bonchev–Trinajstić information content (AvgIpc) is 2.37. The molecule has 3 N–H and O–H groups in total. The molecule has 0 spiro atoms. The molecule has 6 heteroatoms. The molecule has 0 atom stereocenters. The number of pyridine rings is 1. The number of nitrogens with zero attached hydrogens (tertiary/aromatic N) is 2. The molecule has 0 unspecified atom stereocenters. The summed E-state index contributed by atoms with van der Waals surface area (Å²) in [6.07, 6.45) is 1.16. The van der Waals surface area contributed by atoms with E-state index in [9.17, 15) is 10.1 Å². The van der Waals surface area contributed by atoms with Crippen LogP contribution in [0, 0.1) is 10.1 Å². The summed E-state index contributed by atoms with van der Waals surface area (Å²) in [5, 5.41) is 13.8. The molecule has 0 aliphatic rings. The average molecular weight is 244 g/mol. The molecule has 1 heterocycles. The SMILES string of the molecule is Nc1cc(NCc2ccccc2)c([N+](=O)[O-])cn1. The molecular formula is C12H12N4O2. The van der Waals surface area contributed by atoms with Crippen LogP contribution >= 0.6 is 0 Å². The van der Waals surface area contributed by atoms with Crippen molar-refractivity contribution in [1.29, 1.82) is 0 Å². The Labute approximate surface area is 104 Å². The summed E-state index contributed by atoms with van der Waals surface area (Å²) in [5.74, 6) is 0.246. The summed E-state index contributed by atoms with van der Waals surface area (Å²) < 4.78 is 0. The highest BCUT2D eigenvalue weighted by atomic mass is 16.6. The van der Waals surface area contributed by atoms with E-state index in [1.807, 2.05) is 30.3 Å². The lowest BCUT2D eigenvalue weighted by Gasteiger charge is -2.07. The van der Waals surface area contributed by atoms with Crippen molar-refractivity contribution >= 4 is 17.2 Å². The molecule has 92 valence electrons. The van der Waals surface area contributed by atoms with Crippen molar-refractivity contribution in [2.75, 3.05) is 11.1 Å². The molecule has 0 saturated heterocycles. The van der Waals surface area contributed by atoms with Gasteiger partial charge in [0.15, 0.2) is 0 Å². The summed E-state index contributed by atoms with van der Waals surface area (Å²) in [6.45, 7) is 0.491. The third kappa shape index (κ3) is 2.73. The van der Waals surface area contributed by atoms with Gasteiger partial charge in [-0.15, -0.1) is 0 Å². The van der Waals surface area contributed by atoms with Gasteiger partial charge in [-0.2, -0.15) is 0 Å². The molecule has 0 aliphatic carbocycles. The van der Waals surface area contributed by atoms with Gasteiger partial charge in [-0.1, -0.05) is 30.3 Å². The first-order chi connectivity index (χ1) is 8.66. The Morgan fingerprint density at radius 3 is 2.72 bits per heavy atom. The second-order valence-electron chi connectivity index (χ2n) is 3.72. The molecule has 6 nitrogen and oxygen atoms in total. The maximum absolute atomic E-state index is 10.8. The quantitative estimate of drug-likeness (QED) is 0.635. The van der Waals surface area contributed by atoms with Gasteiger partial charge in [0, 0.05) is 12.6 Å². The van der Waals surface area contributed by atoms with E-state index < -0.39 is 4.92 Å². The number of hydrogen-bond acceptors (Lipinski definition) is 5. The molecule has 2 aromatic rings. The van der Waals surface area contributed by atoms with Crippen LogP contribution in [0.15, 0.2) is 42.6 Å². The third-order valence-corrected chi connectivity index (χ3v) is 2.43. The Kier molecular flexibility index (Phi) is 3.38. The van der Waals surface area contributed by atoms with Gasteiger partial charge in [0.25, 0.3) is 0 Å². The lowest BCUT2D eigenvalue weighted by atomic mass is 10.2. The fourth-order valence-electron chi connectivity index (χ4n) is 1.54. The van der Waals surface area contributed by atoms with Crippen molar-refractivity contribution in [2.45, 2.75) is 6.54 Å². The van der Waals surface area contributed by atoms with Gasteiger partial charge in [-0.3, -0.25) is 10.1 Å². The number of benzene rings is 1. The van der Waals surface area contributed by atoms with E-state index in [0.29, 0.717) is 12.2 Å². The van der Waals surface area contributed by atoms with Crippen LogP contribution in [0.25, 0.3) is 0 Å². The molecule has 0 radical (unpaired) electrons. The van der Waals surface area contributed by atoms with E-state index in [1.165, 1.54) is 6.07 Å². The normalized spacial score (nSPS) is 10.0. The summed E-state index contributed by atoms with van der Waals surface area (Å²) in [4.78, 5) is 14.1. The van der Waals surface area contributed by atoms with Gasteiger partial charge >= 0.3 is 5.69 Å². The topological polar surface area (TPSA) is 94.1 Å². The van der Waals surface area contributed by atoms with Gasteiger partial charge in [-0.05, 0) is 5.56 Å². The first kappa shape index (κ1) is 11.8. The van der Waals surface area contributed by atoms with Gasteiger partial charge in [0.05, 0.1) is 4.92 Å². The third-order valence-electron chi connectivity index (χ3n) is 2.43. The molecule has 0 aliphatic heterocycles. The molecule has 0 saturated carbocycles. The van der Waals surface area contributed by atoms with E-state index in [2.05, 4.69) is 10.3 Å². The predicted octanol–water partition coefficient (Wildman–Crippen LogP) is 2.18. The lowest BCUT2D eigenvalue weighted by Crippen LogP contribution is -2.04. The first-order valence-electron chi connectivity index (χ1n) is 5.34. The number of hydrogen-bond donors (Lipinski definition) is 2. The second kappa shape index (κ2) is 5.13. The molecule has 1 aromatic heterocycles. The molecule has 0 fully saturated rings. The number of nitrogens with two attached hydrogens (primary N) is 1. The van der Waals surface area contributed by atoms with Crippen LogP contribution in [0.2, 0.25) is 0 Å². The fourth-order valence-corrected chi connectivity index (χ4v) is 1.54. The zero-order valence-corrected chi connectivity index (χ0v) is 9.54. The minimum atomic E-state index is -0.486. The Balaban J connectivity index is 2.18. The van der Waals surface area contributed by atoms with Crippen molar-refractivity contribution in [1.82, 2.24) is 4.98 Å². The van der Waals surface area contributed by atoms with Crippen molar-refractivity contribution in [3.05, 3.63) is 58.3 Å². The number of nitro groups is 1. The first-order valence-corrected chi connectivity index (χ1v) is 5.34. The molecule has 0 amide bonds. The summed E-state index contributed by atoms with van der Waals surface area (Å²) in [7, 11) is 0. The van der Waals surface area contributed by atoms with Crippen LogP contribution in [0.5, 0.6) is 0 Å². The van der Waals surface area contributed by atoms with Gasteiger partial charge in [-0.25, -0.2) is 4.98 Å². The maximum atomic E-state index is 10.8. The van der Waals surface area contributed by atoms with E-state index in [0.717, 1.165) is 11.8 Å². The van der Waals surface area contributed by atoms with Gasteiger partial charge < -0.3 is 11.1 Å². The van der Waals surface area contributed by atoms with E-state index >= 15 is 0 Å². The minimum absolute atomic E-state index is 0.0832. The second-order valence-corrected chi connectivity index (χ2v) is 3.72. The van der Waals surface area contributed by atoms with Crippen LogP contribution in [0.4, 0.5) is 17.2 Å². The standard InChI is InChI=1S/C12H12N4O2/c13-12-6-10(11(8-15-12)16(17)18)14-7-9-4-2-1-3-5-9/h1-6,8H,7H2,(H3,13,14,15). The van der Waals surface area contributed by atoms with Crippen molar-refractivity contribution in [3.63, 3.8) is 0 Å².